The molecular weight excluding hydrogens is 251 g/mol. The fourth-order valence-electron chi connectivity index (χ4n) is 3.01. The molecule has 1 aliphatic carbocycles. The zero-order valence-electron chi connectivity index (χ0n) is 11.1. The molecular formula is C14H19FO4. The third kappa shape index (κ3) is 3.33. The van der Waals surface area contributed by atoms with Gasteiger partial charge in [0.15, 0.2) is 0 Å². The Hall–Kier alpha value is -1.39. The number of fused-ring (bicyclic) bond motifs is 2. The zero-order valence-corrected chi connectivity index (χ0v) is 11.1. The summed E-state index contributed by atoms with van der Waals surface area (Å²) in [6.45, 7) is 4.90. The molecule has 4 atom stereocenters. The number of carbonyl (C=O) groups excluding carboxylic acids is 2. The van der Waals surface area contributed by atoms with Crippen molar-refractivity contribution in [3.8, 4) is 0 Å². The van der Waals surface area contributed by atoms with E-state index in [0.29, 0.717) is 18.8 Å². The molecule has 4 unspecified atom stereocenters. The summed E-state index contributed by atoms with van der Waals surface area (Å²) in [5.74, 6) is -2.28. The van der Waals surface area contributed by atoms with Crippen molar-refractivity contribution < 1.29 is 23.5 Å². The molecule has 0 aromatic heterocycles. The fraction of sp³-hybridized carbons (Fsp3) is 0.714. The van der Waals surface area contributed by atoms with Gasteiger partial charge in [-0.05, 0) is 38.0 Å². The molecule has 2 aliphatic rings. The molecule has 0 amide bonds. The maximum atomic E-state index is 12.7. The Morgan fingerprint density at radius 3 is 2.79 bits per heavy atom. The first-order valence-corrected chi connectivity index (χ1v) is 6.75. The maximum Gasteiger partial charge on any atom is 0.366 e. The Morgan fingerprint density at radius 2 is 2.16 bits per heavy atom. The lowest BCUT2D eigenvalue weighted by Crippen LogP contribution is -2.32. The van der Waals surface area contributed by atoms with Gasteiger partial charge in [0.2, 0.25) is 5.83 Å². The minimum Gasteiger partial charge on any atom is -0.462 e. The molecule has 1 heterocycles. The van der Waals surface area contributed by atoms with E-state index in [1.54, 1.807) is 0 Å². The van der Waals surface area contributed by atoms with Gasteiger partial charge in [0.05, 0.1) is 5.92 Å². The molecule has 1 saturated heterocycles. The number of halogens is 1. The van der Waals surface area contributed by atoms with Gasteiger partial charge in [-0.3, -0.25) is 4.79 Å². The van der Waals surface area contributed by atoms with Crippen molar-refractivity contribution in [2.45, 2.75) is 51.2 Å². The van der Waals surface area contributed by atoms with Crippen LogP contribution in [0.25, 0.3) is 0 Å². The highest BCUT2D eigenvalue weighted by atomic mass is 19.1. The van der Waals surface area contributed by atoms with E-state index in [4.69, 9.17) is 9.47 Å². The van der Waals surface area contributed by atoms with Crippen LogP contribution in [0.5, 0.6) is 0 Å². The molecule has 4 nitrogen and oxygen atoms in total. The van der Waals surface area contributed by atoms with Gasteiger partial charge < -0.3 is 9.47 Å². The molecule has 5 heteroatoms. The lowest BCUT2D eigenvalue weighted by Gasteiger charge is -2.30. The van der Waals surface area contributed by atoms with Crippen molar-refractivity contribution in [2.75, 3.05) is 0 Å². The summed E-state index contributed by atoms with van der Waals surface area (Å²) in [7, 11) is 0. The second kappa shape index (κ2) is 5.72. The van der Waals surface area contributed by atoms with E-state index in [0.717, 1.165) is 19.3 Å². The summed E-state index contributed by atoms with van der Waals surface area (Å²) in [6, 6.07) is 0. The molecule has 2 fully saturated rings. The lowest BCUT2D eigenvalue weighted by molar-refractivity contribution is -0.157. The second-order valence-electron chi connectivity index (χ2n) is 5.41. The maximum absolute atomic E-state index is 12.7. The Bertz CT molecular complexity index is 393. The van der Waals surface area contributed by atoms with Gasteiger partial charge in [-0.1, -0.05) is 13.5 Å². The number of esters is 2. The molecule has 1 saturated carbocycles. The molecule has 0 aromatic carbocycles. The molecule has 1 aliphatic heterocycles. The van der Waals surface area contributed by atoms with E-state index >= 15 is 0 Å². The van der Waals surface area contributed by atoms with Gasteiger partial charge in [-0.25, -0.2) is 4.79 Å². The summed E-state index contributed by atoms with van der Waals surface area (Å²) in [4.78, 5) is 23.1. The normalized spacial score (nSPS) is 34.1. The van der Waals surface area contributed by atoms with E-state index in [1.807, 2.05) is 6.92 Å². The van der Waals surface area contributed by atoms with Gasteiger partial charge in [0, 0.05) is 0 Å². The van der Waals surface area contributed by atoms with Gasteiger partial charge in [-0.15, -0.1) is 0 Å². The first kappa shape index (κ1) is 14.0. The number of ether oxygens (including phenoxy) is 2. The van der Waals surface area contributed by atoms with Crippen molar-refractivity contribution in [1.82, 2.24) is 0 Å². The first-order chi connectivity index (χ1) is 8.99. The topological polar surface area (TPSA) is 52.6 Å². The van der Waals surface area contributed by atoms with E-state index in [-0.39, 0.29) is 18.0 Å². The standard InChI is InChI=1S/C14H19FO4/c1-3-11-5-9-4-10(14(17)18-11)7-12(6-9)19-13(16)8(2)15/h9-12H,2-7H2,1H3. The molecule has 0 N–H and O–H groups in total. The fourth-order valence-corrected chi connectivity index (χ4v) is 3.01. The second-order valence-corrected chi connectivity index (χ2v) is 5.41. The molecule has 2 rings (SSSR count). The van der Waals surface area contributed by atoms with Crippen LogP contribution in [0, 0.1) is 11.8 Å². The minimum atomic E-state index is -1.09. The average molecular weight is 270 g/mol. The molecule has 0 spiro atoms. The summed E-state index contributed by atoms with van der Waals surface area (Å²) >= 11 is 0. The highest BCUT2D eigenvalue weighted by molar-refractivity contribution is 5.85. The van der Waals surface area contributed by atoms with Crippen molar-refractivity contribution in [3.63, 3.8) is 0 Å². The van der Waals surface area contributed by atoms with Crippen LogP contribution in [0.1, 0.15) is 39.0 Å². The zero-order chi connectivity index (χ0) is 14.0. The Balaban J connectivity index is 2.03. The first-order valence-electron chi connectivity index (χ1n) is 6.75. The van der Waals surface area contributed by atoms with Gasteiger partial charge in [0.25, 0.3) is 0 Å². The van der Waals surface area contributed by atoms with Gasteiger partial charge in [-0.2, -0.15) is 4.39 Å². The summed E-state index contributed by atoms with van der Waals surface area (Å²) < 4.78 is 23.1. The van der Waals surface area contributed by atoms with E-state index in [1.165, 1.54) is 0 Å². The Labute approximate surface area is 111 Å². The third-order valence-corrected chi connectivity index (χ3v) is 3.92. The van der Waals surface area contributed by atoms with Crippen LogP contribution in [-0.4, -0.2) is 24.1 Å². The van der Waals surface area contributed by atoms with Crippen molar-refractivity contribution in [2.24, 2.45) is 11.8 Å². The summed E-state index contributed by atoms with van der Waals surface area (Å²) in [5.41, 5.74) is 0. The molecule has 0 aromatic rings. The SMILES string of the molecule is C=C(F)C(=O)OC1CC2CC(CC)OC(=O)C(C2)C1. The Morgan fingerprint density at radius 1 is 1.42 bits per heavy atom. The average Bonchev–Trinajstić information content (AvgIpc) is 2.47. The van der Waals surface area contributed by atoms with E-state index < -0.39 is 17.9 Å². The smallest absolute Gasteiger partial charge is 0.366 e. The molecule has 106 valence electrons. The highest BCUT2D eigenvalue weighted by Crippen LogP contribution is 2.38. The number of cyclic esters (lactones) is 1. The predicted molar refractivity (Wildman–Crippen MR) is 65.7 cm³/mol. The van der Waals surface area contributed by atoms with Crippen LogP contribution in [0.2, 0.25) is 0 Å². The monoisotopic (exact) mass is 270 g/mol. The van der Waals surface area contributed by atoms with Crippen LogP contribution >= 0.6 is 0 Å². The predicted octanol–water partition coefficient (Wildman–Crippen LogP) is 2.52. The Kier molecular flexibility index (Phi) is 4.22. The molecule has 2 bridgehead atoms. The third-order valence-electron chi connectivity index (χ3n) is 3.92. The summed E-state index contributed by atoms with van der Waals surface area (Å²) in [6.07, 6.45) is 3.00. The molecule has 0 radical (unpaired) electrons. The van der Waals surface area contributed by atoms with E-state index in [2.05, 4.69) is 6.58 Å². The number of hydrogen-bond donors (Lipinski definition) is 0. The minimum absolute atomic E-state index is 0.0481. The molecule has 19 heavy (non-hydrogen) atoms. The number of carbonyl (C=O) groups is 2. The van der Waals surface area contributed by atoms with Crippen LogP contribution in [-0.2, 0) is 19.1 Å². The van der Waals surface area contributed by atoms with Crippen LogP contribution in [0.15, 0.2) is 12.4 Å². The number of rotatable bonds is 3. The van der Waals surface area contributed by atoms with E-state index in [9.17, 15) is 14.0 Å². The lowest BCUT2D eigenvalue weighted by atomic mass is 9.78. The van der Waals surface area contributed by atoms with Crippen molar-refractivity contribution >= 4 is 11.9 Å². The summed E-state index contributed by atoms with van der Waals surface area (Å²) in [5, 5.41) is 0. The largest absolute Gasteiger partial charge is 0.462 e. The van der Waals surface area contributed by atoms with Crippen LogP contribution < -0.4 is 0 Å². The van der Waals surface area contributed by atoms with Crippen molar-refractivity contribution in [1.29, 1.82) is 0 Å². The van der Waals surface area contributed by atoms with Gasteiger partial charge in [0.1, 0.15) is 12.2 Å². The van der Waals surface area contributed by atoms with Crippen LogP contribution in [0.4, 0.5) is 4.39 Å². The number of hydrogen-bond acceptors (Lipinski definition) is 4. The van der Waals surface area contributed by atoms with Crippen molar-refractivity contribution in [3.05, 3.63) is 12.4 Å². The van der Waals surface area contributed by atoms with Gasteiger partial charge >= 0.3 is 11.9 Å². The van der Waals surface area contributed by atoms with Crippen LogP contribution in [0.3, 0.4) is 0 Å². The highest BCUT2D eigenvalue weighted by Gasteiger charge is 2.40. The quantitative estimate of drug-likeness (QED) is 0.584.